The van der Waals surface area contributed by atoms with Gasteiger partial charge in [-0.2, -0.15) is 0 Å². The van der Waals surface area contributed by atoms with E-state index in [0.717, 1.165) is 21.9 Å². The van der Waals surface area contributed by atoms with Gasteiger partial charge in [-0.05, 0) is 43.2 Å². The lowest BCUT2D eigenvalue weighted by Gasteiger charge is -2.19. The molecule has 2 aromatic heterocycles. The monoisotopic (exact) mass is 438 g/mol. The largest absolute Gasteiger partial charge is 0.277 e. The van der Waals surface area contributed by atoms with Crippen molar-refractivity contribution in [3.8, 4) is 0 Å². The third kappa shape index (κ3) is 4.72. The number of nitrogens with zero attached hydrogens (tertiary/aromatic N) is 3. The number of fused-ring (bicyclic) bond motifs is 1. The fraction of sp³-hybridized carbons (Fsp3) is 0.182. The lowest BCUT2D eigenvalue weighted by atomic mass is 10.1. The minimum absolute atomic E-state index is 0.269. The molecule has 0 radical (unpaired) electrons. The Bertz CT molecular complexity index is 1220. The highest BCUT2D eigenvalue weighted by Crippen LogP contribution is 2.25. The first kappa shape index (κ1) is 20.6. The molecule has 2 aromatic carbocycles. The molecule has 0 saturated heterocycles. The molecule has 0 fully saturated rings. The summed E-state index contributed by atoms with van der Waals surface area (Å²) in [7, 11) is -3.64. The van der Waals surface area contributed by atoms with Crippen LogP contribution >= 0.6 is 11.8 Å². The van der Waals surface area contributed by atoms with Crippen LogP contribution in [0.3, 0.4) is 0 Å². The number of thioether (sulfide) groups is 1. The minimum Gasteiger partial charge on any atom is -0.277 e. The summed E-state index contributed by atoms with van der Waals surface area (Å²) in [5.74, 6) is 0.686. The molecule has 0 aliphatic carbocycles. The van der Waals surface area contributed by atoms with E-state index in [-0.39, 0.29) is 10.9 Å². The zero-order valence-corrected chi connectivity index (χ0v) is 18.1. The Morgan fingerprint density at radius 3 is 2.47 bits per heavy atom. The van der Waals surface area contributed by atoms with Gasteiger partial charge in [0.05, 0.1) is 4.90 Å². The first-order chi connectivity index (χ1) is 14.5. The highest BCUT2D eigenvalue weighted by atomic mass is 32.2. The fourth-order valence-corrected chi connectivity index (χ4v) is 5.32. The van der Waals surface area contributed by atoms with Crippen LogP contribution < -0.4 is 4.72 Å². The van der Waals surface area contributed by atoms with Gasteiger partial charge in [0.25, 0.3) is 0 Å². The molecule has 30 heavy (non-hydrogen) atoms. The molecule has 1 unspecified atom stereocenters. The van der Waals surface area contributed by atoms with Gasteiger partial charge in [0, 0.05) is 18.0 Å². The van der Waals surface area contributed by atoms with Crippen molar-refractivity contribution < 1.29 is 8.42 Å². The Labute approximate surface area is 180 Å². The molecule has 0 bridgehead atoms. The molecule has 8 heteroatoms. The SMILES string of the molecule is Cc1ccc(S(=O)(=O)NC(CCSc2nnc3ccccn23)c2ccccc2)cc1. The van der Waals surface area contributed by atoms with Crippen LogP contribution in [0.5, 0.6) is 0 Å². The molecule has 4 rings (SSSR count). The maximum atomic E-state index is 12.9. The molecule has 0 spiro atoms. The smallest absolute Gasteiger partial charge is 0.241 e. The first-order valence-corrected chi connectivity index (χ1v) is 12.1. The first-order valence-electron chi connectivity index (χ1n) is 9.59. The molecule has 0 aliphatic heterocycles. The van der Waals surface area contributed by atoms with E-state index in [0.29, 0.717) is 12.2 Å². The van der Waals surface area contributed by atoms with Crippen molar-refractivity contribution in [2.45, 2.75) is 29.4 Å². The molecule has 4 aromatic rings. The number of hydrogen-bond acceptors (Lipinski definition) is 5. The maximum absolute atomic E-state index is 12.9. The van der Waals surface area contributed by atoms with Crippen molar-refractivity contribution in [2.75, 3.05) is 5.75 Å². The number of sulfonamides is 1. The molecule has 0 aliphatic rings. The van der Waals surface area contributed by atoms with Crippen molar-refractivity contribution in [1.29, 1.82) is 0 Å². The Balaban J connectivity index is 1.51. The van der Waals surface area contributed by atoms with Gasteiger partial charge in [-0.25, -0.2) is 13.1 Å². The van der Waals surface area contributed by atoms with E-state index < -0.39 is 10.0 Å². The van der Waals surface area contributed by atoms with Crippen LogP contribution in [0.2, 0.25) is 0 Å². The summed E-state index contributed by atoms with van der Waals surface area (Å²) >= 11 is 1.56. The number of pyridine rings is 1. The van der Waals surface area contributed by atoms with E-state index in [2.05, 4.69) is 14.9 Å². The van der Waals surface area contributed by atoms with Crippen molar-refractivity contribution in [3.63, 3.8) is 0 Å². The normalized spacial score (nSPS) is 12.8. The van der Waals surface area contributed by atoms with Gasteiger partial charge in [0.1, 0.15) is 0 Å². The lowest BCUT2D eigenvalue weighted by molar-refractivity contribution is 0.551. The topological polar surface area (TPSA) is 76.4 Å². The summed E-state index contributed by atoms with van der Waals surface area (Å²) in [4.78, 5) is 0.269. The van der Waals surface area contributed by atoms with E-state index in [1.165, 1.54) is 0 Å². The van der Waals surface area contributed by atoms with Crippen LogP contribution in [0.4, 0.5) is 0 Å². The highest BCUT2D eigenvalue weighted by Gasteiger charge is 2.21. The van der Waals surface area contributed by atoms with E-state index in [9.17, 15) is 8.42 Å². The van der Waals surface area contributed by atoms with Gasteiger partial charge in [-0.1, -0.05) is 65.9 Å². The van der Waals surface area contributed by atoms with Crippen LogP contribution in [0.25, 0.3) is 5.65 Å². The van der Waals surface area contributed by atoms with Gasteiger partial charge in [0.15, 0.2) is 10.8 Å². The maximum Gasteiger partial charge on any atom is 0.241 e. The van der Waals surface area contributed by atoms with Crippen LogP contribution in [-0.4, -0.2) is 28.8 Å². The summed E-state index contributed by atoms with van der Waals surface area (Å²) in [5.41, 5.74) is 2.74. The Kier molecular flexibility index (Phi) is 6.17. The Morgan fingerprint density at radius 2 is 1.70 bits per heavy atom. The van der Waals surface area contributed by atoms with E-state index in [4.69, 9.17) is 0 Å². The Hall–Kier alpha value is -2.68. The van der Waals surface area contributed by atoms with Crippen LogP contribution in [0, 0.1) is 6.92 Å². The highest BCUT2D eigenvalue weighted by molar-refractivity contribution is 7.99. The molecule has 154 valence electrons. The second-order valence-corrected chi connectivity index (χ2v) is 9.72. The number of benzene rings is 2. The Morgan fingerprint density at radius 1 is 0.967 bits per heavy atom. The quantitative estimate of drug-likeness (QED) is 0.417. The fourth-order valence-electron chi connectivity index (χ4n) is 3.14. The van der Waals surface area contributed by atoms with Crippen molar-refractivity contribution >= 4 is 27.4 Å². The molecular formula is C22H22N4O2S2. The predicted molar refractivity (Wildman–Crippen MR) is 119 cm³/mol. The summed E-state index contributed by atoms with van der Waals surface area (Å²) < 4.78 is 30.7. The third-order valence-electron chi connectivity index (χ3n) is 4.75. The van der Waals surface area contributed by atoms with Crippen molar-refractivity contribution in [3.05, 3.63) is 90.1 Å². The summed E-state index contributed by atoms with van der Waals surface area (Å²) in [5, 5.41) is 9.18. The van der Waals surface area contributed by atoms with Crippen LogP contribution in [0.1, 0.15) is 23.6 Å². The zero-order chi connectivity index (χ0) is 21.0. The van der Waals surface area contributed by atoms with Gasteiger partial charge in [-0.3, -0.25) is 4.40 Å². The average Bonchev–Trinajstić information content (AvgIpc) is 3.17. The number of aromatic nitrogens is 3. The molecule has 6 nitrogen and oxygen atoms in total. The number of hydrogen-bond donors (Lipinski definition) is 1. The van der Waals surface area contributed by atoms with Gasteiger partial charge < -0.3 is 0 Å². The molecular weight excluding hydrogens is 416 g/mol. The molecule has 0 amide bonds. The number of rotatable bonds is 8. The summed E-state index contributed by atoms with van der Waals surface area (Å²) in [6, 6.07) is 21.9. The van der Waals surface area contributed by atoms with E-state index >= 15 is 0 Å². The molecule has 1 atom stereocenters. The van der Waals surface area contributed by atoms with Crippen molar-refractivity contribution in [2.24, 2.45) is 0 Å². The number of aryl methyl sites for hydroxylation is 1. The second-order valence-electron chi connectivity index (χ2n) is 6.95. The average molecular weight is 439 g/mol. The summed E-state index contributed by atoms with van der Waals surface area (Å²) in [6.45, 7) is 1.93. The minimum atomic E-state index is -3.64. The molecule has 2 heterocycles. The van der Waals surface area contributed by atoms with Crippen LogP contribution in [0.15, 0.2) is 89.0 Å². The number of nitrogens with one attached hydrogen (secondary N) is 1. The van der Waals surface area contributed by atoms with E-state index in [1.807, 2.05) is 66.1 Å². The molecule has 1 N–H and O–H groups in total. The van der Waals surface area contributed by atoms with Gasteiger partial charge in [0.2, 0.25) is 10.0 Å². The molecule has 0 saturated carbocycles. The second kappa shape index (κ2) is 8.99. The predicted octanol–water partition coefficient (Wildman–Crippen LogP) is 4.24. The lowest BCUT2D eigenvalue weighted by Crippen LogP contribution is -2.29. The zero-order valence-electron chi connectivity index (χ0n) is 16.5. The van der Waals surface area contributed by atoms with E-state index in [1.54, 1.807) is 36.0 Å². The van der Waals surface area contributed by atoms with Crippen molar-refractivity contribution in [1.82, 2.24) is 19.3 Å². The standard InChI is InChI=1S/C22H22N4O2S2/c1-17-10-12-19(13-11-17)30(27,28)25-20(18-7-3-2-4-8-18)14-16-29-22-24-23-21-9-5-6-15-26(21)22/h2-13,15,20,25H,14,16H2,1H3. The summed E-state index contributed by atoms with van der Waals surface area (Å²) in [6.07, 6.45) is 2.54. The van der Waals surface area contributed by atoms with Crippen LogP contribution in [-0.2, 0) is 10.0 Å². The van der Waals surface area contributed by atoms with Gasteiger partial charge >= 0.3 is 0 Å². The third-order valence-corrected chi connectivity index (χ3v) is 7.21. The van der Waals surface area contributed by atoms with Gasteiger partial charge in [-0.15, -0.1) is 10.2 Å².